The number of nitrogens with zero attached hydrogens (tertiary/aromatic N) is 2. The van der Waals surface area contributed by atoms with E-state index in [1.165, 1.54) is 19.3 Å². The summed E-state index contributed by atoms with van der Waals surface area (Å²) in [5.41, 5.74) is 1.59. The molecule has 3 aromatic rings. The van der Waals surface area contributed by atoms with Gasteiger partial charge in [0.05, 0.1) is 16.8 Å². The third-order valence-corrected chi connectivity index (χ3v) is 8.30. The largest absolute Gasteiger partial charge is 0.351 e. The summed E-state index contributed by atoms with van der Waals surface area (Å²) in [4.78, 5) is 29.4. The van der Waals surface area contributed by atoms with Crippen LogP contribution < -0.4 is 5.32 Å². The molecule has 174 valence electrons. The first-order chi connectivity index (χ1) is 16.0. The van der Waals surface area contributed by atoms with E-state index in [0.717, 1.165) is 41.5 Å². The van der Waals surface area contributed by atoms with Crippen molar-refractivity contribution < 1.29 is 9.59 Å². The van der Waals surface area contributed by atoms with Gasteiger partial charge in [-0.3, -0.25) is 9.59 Å². The molecule has 1 atom stereocenters. The summed E-state index contributed by atoms with van der Waals surface area (Å²) in [5, 5.41) is 6.00. The lowest BCUT2D eigenvalue weighted by Gasteiger charge is -2.44. The monoisotopic (exact) mass is 483 g/mol. The number of amides is 2. The SMILES string of the molecule is C[C@]1(C(=O)NC2CCCCCCC2)Cn2c(cc3sccc32)C(=O)N1Cc1cccc(Cl)c1. The summed E-state index contributed by atoms with van der Waals surface area (Å²) < 4.78 is 3.10. The number of carbonyl (C=O) groups excluding carboxylic acids is 2. The first-order valence-corrected chi connectivity index (χ1v) is 13.2. The number of rotatable bonds is 4. The van der Waals surface area contributed by atoms with Crippen LogP contribution in [0.5, 0.6) is 0 Å². The number of benzene rings is 1. The standard InChI is InChI=1S/C26H30ClN3O2S/c1-26(25(32)28-20-10-5-3-2-4-6-11-20)17-29-21-12-13-33-23(21)15-22(29)24(31)30(26)16-18-8-7-9-19(27)14-18/h7-9,12-15,20H,2-6,10-11,16-17H2,1H3,(H,28,32)/t26-/m1/s1. The molecule has 5 rings (SSSR count). The van der Waals surface area contributed by atoms with E-state index in [4.69, 9.17) is 11.6 Å². The van der Waals surface area contributed by atoms with Crippen LogP contribution in [-0.4, -0.2) is 32.9 Å². The van der Waals surface area contributed by atoms with Gasteiger partial charge in [-0.05, 0) is 55.0 Å². The molecule has 2 aliphatic rings. The van der Waals surface area contributed by atoms with E-state index >= 15 is 0 Å². The van der Waals surface area contributed by atoms with Crippen LogP contribution in [0.25, 0.3) is 10.2 Å². The normalized spacial score (nSPS) is 22.1. The Bertz CT molecular complexity index is 1180. The molecule has 0 saturated heterocycles. The topological polar surface area (TPSA) is 54.3 Å². The van der Waals surface area contributed by atoms with Crippen LogP contribution in [0.15, 0.2) is 41.8 Å². The average molecular weight is 484 g/mol. The van der Waals surface area contributed by atoms with Crippen LogP contribution in [0.1, 0.15) is 67.9 Å². The van der Waals surface area contributed by atoms with Crippen LogP contribution in [0.4, 0.5) is 0 Å². The fourth-order valence-corrected chi connectivity index (χ4v) is 6.32. The third-order valence-electron chi connectivity index (χ3n) is 7.21. The number of hydrogen-bond donors (Lipinski definition) is 1. The maximum Gasteiger partial charge on any atom is 0.271 e. The molecule has 1 fully saturated rings. The van der Waals surface area contributed by atoms with Crippen LogP contribution in [-0.2, 0) is 17.9 Å². The minimum Gasteiger partial charge on any atom is -0.351 e. The maximum atomic E-state index is 13.9. The van der Waals surface area contributed by atoms with Crippen LogP contribution in [0, 0.1) is 0 Å². The molecule has 0 unspecified atom stereocenters. The lowest BCUT2D eigenvalue weighted by atomic mass is 9.91. The highest BCUT2D eigenvalue weighted by atomic mass is 35.5. The van der Waals surface area contributed by atoms with Crippen molar-refractivity contribution in [3.8, 4) is 0 Å². The highest BCUT2D eigenvalue weighted by molar-refractivity contribution is 7.17. The van der Waals surface area contributed by atoms with E-state index in [1.54, 1.807) is 16.2 Å². The second kappa shape index (κ2) is 9.15. The zero-order chi connectivity index (χ0) is 23.0. The Labute approximate surface area is 203 Å². The molecular formula is C26H30ClN3O2S. The molecule has 1 aliphatic carbocycles. The second-order valence-corrected chi connectivity index (χ2v) is 11.0. The van der Waals surface area contributed by atoms with Crippen molar-refractivity contribution in [3.63, 3.8) is 0 Å². The molecular weight excluding hydrogens is 454 g/mol. The molecule has 1 N–H and O–H groups in total. The van der Waals surface area contributed by atoms with Gasteiger partial charge in [-0.1, -0.05) is 55.8 Å². The van der Waals surface area contributed by atoms with Crippen LogP contribution >= 0.6 is 22.9 Å². The summed E-state index contributed by atoms with van der Waals surface area (Å²) in [6.45, 7) is 2.69. The van der Waals surface area contributed by atoms with Gasteiger partial charge in [-0.15, -0.1) is 11.3 Å². The smallest absolute Gasteiger partial charge is 0.271 e. The summed E-state index contributed by atoms with van der Waals surface area (Å²) in [6.07, 6.45) is 8.04. The number of thiophene rings is 1. The van der Waals surface area contributed by atoms with Gasteiger partial charge >= 0.3 is 0 Å². The first-order valence-electron chi connectivity index (χ1n) is 11.9. The molecule has 3 heterocycles. The van der Waals surface area contributed by atoms with Gasteiger partial charge in [0, 0.05) is 17.6 Å². The highest BCUT2D eigenvalue weighted by Crippen LogP contribution is 2.35. The van der Waals surface area contributed by atoms with Crippen molar-refractivity contribution in [2.24, 2.45) is 0 Å². The van der Waals surface area contributed by atoms with E-state index in [9.17, 15) is 9.59 Å². The number of hydrogen-bond acceptors (Lipinski definition) is 3. The molecule has 7 heteroatoms. The molecule has 1 aliphatic heterocycles. The van der Waals surface area contributed by atoms with Gasteiger partial charge in [0.25, 0.3) is 5.91 Å². The van der Waals surface area contributed by atoms with Gasteiger partial charge in [0.2, 0.25) is 5.91 Å². The Balaban J connectivity index is 1.50. The van der Waals surface area contributed by atoms with Gasteiger partial charge in [0.15, 0.2) is 0 Å². The number of aromatic nitrogens is 1. The zero-order valence-corrected chi connectivity index (χ0v) is 20.6. The van der Waals surface area contributed by atoms with Gasteiger partial charge < -0.3 is 14.8 Å². The number of fused-ring (bicyclic) bond motifs is 3. The van der Waals surface area contributed by atoms with E-state index in [2.05, 4.69) is 5.32 Å². The molecule has 0 bridgehead atoms. The Hall–Kier alpha value is -2.31. The maximum absolute atomic E-state index is 13.9. The van der Waals surface area contributed by atoms with Gasteiger partial charge in [-0.2, -0.15) is 0 Å². The Morgan fingerprint density at radius 3 is 2.67 bits per heavy atom. The van der Waals surface area contributed by atoms with Crippen molar-refractivity contribution in [2.45, 2.75) is 76.5 Å². The molecule has 5 nitrogen and oxygen atoms in total. The van der Waals surface area contributed by atoms with Crippen LogP contribution in [0.3, 0.4) is 0 Å². The molecule has 0 radical (unpaired) electrons. The summed E-state index contributed by atoms with van der Waals surface area (Å²) in [6, 6.07) is 11.7. The molecule has 1 saturated carbocycles. The van der Waals surface area contributed by atoms with E-state index < -0.39 is 5.54 Å². The lowest BCUT2D eigenvalue weighted by molar-refractivity contribution is -0.134. The zero-order valence-electron chi connectivity index (χ0n) is 19.0. The first kappa shape index (κ1) is 22.5. The van der Waals surface area contributed by atoms with E-state index in [0.29, 0.717) is 23.8 Å². The number of nitrogens with one attached hydrogen (secondary N) is 1. The Morgan fingerprint density at radius 2 is 1.91 bits per heavy atom. The molecule has 2 aromatic heterocycles. The highest BCUT2D eigenvalue weighted by Gasteiger charge is 2.48. The van der Waals surface area contributed by atoms with Crippen LogP contribution in [0.2, 0.25) is 5.02 Å². The number of halogens is 1. The minimum atomic E-state index is -0.997. The molecule has 0 spiro atoms. The second-order valence-electron chi connectivity index (χ2n) is 9.60. The molecule has 33 heavy (non-hydrogen) atoms. The third kappa shape index (κ3) is 4.31. The predicted octanol–water partition coefficient (Wildman–Crippen LogP) is 6.00. The summed E-state index contributed by atoms with van der Waals surface area (Å²) in [7, 11) is 0. The quantitative estimate of drug-likeness (QED) is 0.494. The molecule has 2 amide bonds. The van der Waals surface area contributed by atoms with E-state index in [-0.39, 0.29) is 17.9 Å². The van der Waals surface area contributed by atoms with Crippen molar-refractivity contribution in [1.82, 2.24) is 14.8 Å². The Morgan fingerprint density at radius 1 is 1.15 bits per heavy atom. The fraction of sp³-hybridized carbons (Fsp3) is 0.462. The van der Waals surface area contributed by atoms with Crippen molar-refractivity contribution >= 4 is 45.0 Å². The van der Waals surface area contributed by atoms with Gasteiger partial charge in [-0.25, -0.2) is 0 Å². The average Bonchev–Trinajstić information content (AvgIpc) is 3.35. The molecule has 1 aromatic carbocycles. The summed E-state index contributed by atoms with van der Waals surface area (Å²) >= 11 is 7.85. The minimum absolute atomic E-state index is 0.0637. The van der Waals surface area contributed by atoms with Crippen molar-refractivity contribution in [1.29, 1.82) is 0 Å². The fourth-order valence-electron chi connectivity index (χ4n) is 5.28. The Kier molecular flexibility index (Phi) is 6.23. The van der Waals surface area contributed by atoms with Crippen molar-refractivity contribution in [2.75, 3.05) is 0 Å². The lowest BCUT2D eigenvalue weighted by Crippen LogP contribution is -2.64. The van der Waals surface area contributed by atoms with Crippen molar-refractivity contribution in [3.05, 3.63) is 58.1 Å². The van der Waals surface area contributed by atoms with E-state index in [1.807, 2.05) is 53.3 Å². The van der Waals surface area contributed by atoms with Gasteiger partial charge in [0.1, 0.15) is 11.2 Å². The summed E-state index contributed by atoms with van der Waals surface area (Å²) in [5.74, 6) is -0.175. The predicted molar refractivity (Wildman–Crippen MR) is 134 cm³/mol. The number of carbonyl (C=O) groups is 2.